The zero-order chi connectivity index (χ0) is 18.7. The first-order valence-corrected chi connectivity index (χ1v) is 9.68. The van der Waals surface area contributed by atoms with Gasteiger partial charge in [-0.05, 0) is 37.1 Å². The van der Waals surface area contributed by atoms with E-state index >= 15 is 0 Å². The SMILES string of the molecule is O=C(Nc1cccc(-c2noc(=O)[nH]2)c1)C1(Sc2ccccc2)CCCC1. The van der Waals surface area contributed by atoms with Crippen LogP contribution in [0.15, 0.2) is 68.8 Å². The standard InChI is InChI=1S/C20H19N3O3S/c24-18(20(11-4-5-12-20)27-16-9-2-1-3-10-16)21-15-8-6-7-14(13-15)17-22-19(25)26-23-17/h1-3,6-10,13H,4-5,11-12H2,(H,21,24)(H,22,23,25). The Balaban J connectivity index is 1.56. The summed E-state index contributed by atoms with van der Waals surface area (Å²) in [5.74, 6) is -0.256. The van der Waals surface area contributed by atoms with Gasteiger partial charge in [-0.2, -0.15) is 0 Å². The van der Waals surface area contributed by atoms with E-state index in [4.69, 9.17) is 0 Å². The smallest absolute Gasteiger partial charge is 0.325 e. The van der Waals surface area contributed by atoms with Gasteiger partial charge in [-0.1, -0.05) is 48.3 Å². The van der Waals surface area contributed by atoms with Gasteiger partial charge in [0.15, 0.2) is 5.82 Å². The molecule has 0 aliphatic heterocycles. The zero-order valence-electron chi connectivity index (χ0n) is 14.6. The van der Waals surface area contributed by atoms with E-state index in [-0.39, 0.29) is 5.91 Å². The molecule has 0 spiro atoms. The average molecular weight is 381 g/mol. The van der Waals surface area contributed by atoms with Crippen molar-refractivity contribution < 1.29 is 9.32 Å². The summed E-state index contributed by atoms with van der Waals surface area (Å²) >= 11 is 1.64. The molecule has 0 bridgehead atoms. The molecule has 4 rings (SSSR count). The summed E-state index contributed by atoms with van der Waals surface area (Å²) < 4.78 is 4.09. The number of carbonyl (C=O) groups is 1. The third-order valence-electron chi connectivity index (χ3n) is 4.72. The fourth-order valence-electron chi connectivity index (χ4n) is 3.38. The largest absolute Gasteiger partial charge is 0.439 e. The van der Waals surface area contributed by atoms with Crippen LogP contribution < -0.4 is 11.1 Å². The quantitative estimate of drug-likeness (QED) is 0.695. The van der Waals surface area contributed by atoms with E-state index in [1.807, 2.05) is 42.5 Å². The molecule has 1 heterocycles. The van der Waals surface area contributed by atoms with E-state index in [0.29, 0.717) is 17.1 Å². The highest BCUT2D eigenvalue weighted by Gasteiger charge is 2.42. The van der Waals surface area contributed by atoms with E-state index in [0.717, 1.165) is 30.6 Å². The van der Waals surface area contributed by atoms with Crippen molar-refractivity contribution in [1.82, 2.24) is 10.1 Å². The third-order valence-corrected chi connectivity index (χ3v) is 6.21. The number of rotatable bonds is 5. The van der Waals surface area contributed by atoms with Gasteiger partial charge in [0.05, 0.1) is 4.75 Å². The first-order valence-electron chi connectivity index (χ1n) is 8.87. The maximum absolute atomic E-state index is 13.2. The number of anilines is 1. The summed E-state index contributed by atoms with van der Waals surface area (Å²) in [6.45, 7) is 0. The highest BCUT2D eigenvalue weighted by Crippen LogP contribution is 2.46. The topological polar surface area (TPSA) is 88.0 Å². The van der Waals surface area contributed by atoms with Gasteiger partial charge < -0.3 is 5.32 Å². The summed E-state index contributed by atoms with van der Waals surface area (Å²) in [6.07, 6.45) is 3.81. The first-order chi connectivity index (χ1) is 13.1. The normalized spacial score (nSPS) is 15.6. The third kappa shape index (κ3) is 3.83. The number of aromatic nitrogens is 2. The van der Waals surface area contributed by atoms with Crippen molar-refractivity contribution in [3.05, 3.63) is 65.1 Å². The van der Waals surface area contributed by atoms with Crippen LogP contribution in [0.4, 0.5) is 5.69 Å². The maximum Gasteiger partial charge on any atom is 0.439 e. The van der Waals surface area contributed by atoms with Gasteiger partial charge in [-0.15, -0.1) is 11.8 Å². The Morgan fingerprint density at radius 3 is 2.59 bits per heavy atom. The molecule has 1 aliphatic carbocycles. The van der Waals surface area contributed by atoms with Gasteiger partial charge in [0.2, 0.25) is 5.91 Å². The van der Waals surface area contributed by atoms with Gasteiger partial charge in [-0.3, -0.25) is 14.3 Å². The lowest BCUT2D eigenvalue weighted by Gasteiger charge is -2.27. The van der Waals surface area contributed by atoms with Crippen LogP contribution in [0.5, 0.6) is 0 Å². The lowest BCUT2D eigenvalue weighted by atomic mass is 10.1. The van der Waals surface area contributed by atoms with Crippen molar-refractivity contribution in [1.29, 1.82) is 0 Å². The molecule has 2 N–H and O–H groups in total. The number of hydrogen-bond acceptors (Lipinski definition) is 5. The highest BCUT2D eigenvalue weighted by molar-refractivity contribution is 8.01. The van der Waals surface area contributed by atoms with Crippen LogP contribution >= 0.6 is 11.8 Å². The van der Waals surface area contributed by atoms with Gasteiger partial charge >= 0.3 is 5.76 Å². The van der Waals surface area contributed by atoms with Crippen molar-refractivity contribution in [2.75, 3.05) is 5.32 Å². The van der Waals surface area contributed by atoms with E-state index in [1.54, 1.807) is 23.9 Å². The number of aromatic amines is 1. The second kappa shape index (κ2) is 7.44. The molecule has 6 nitrogen and oxygen atoms in total. The first kappa shape index (κ1) is 17.6. The molecular weight excluding hydrogens is 362 g/mol. The van der Waals surface area contributed by atoms with Crippen LogP contribution in [0.1, 0.15) is 25.7 Å². The summed E-state index contributed by atoms with van der Waals surface area (Å²) in [4.78, 5) is 27.9. The number of carbonyl (C=O) groups excluding carboxylic acids is 1. The summed E-state index contributed by atoms with van der Waals surface area (Å²) in [5, 5.41) is 6.75. The summed E-state index contributed by atoms with van der Waals surface area (Å²) in [5.41, 5.74) is 1.34. The van der Waals surface area contributed by atoms with E-state index in [2.05, 4.69) is 20.0 Å². The summed E-state index contributed by atoms with van der Waals surface area (Å²) in [7, 11) is 0. The Bertz CT molecular complexity index is 991. The molecule has 27 heavy (non-hydrogen) atoms. The maximum atomic E-state index is 13.2. The molecule has 3 aromatic rings. The van der Waals surface area contributed by atoms with Crippen molar-refractivity contribution in [2.24, 2.45) is 0 Å². The van der Waals surface area contributed by atoms with Crippen LogP contribution in [-0.2, 0) is 4.79 Å². The lowest BCUT2D eigenvalue weighted by molar-refractivity contribution is -0.118. The Morgan fingerprint density at radius 1 is 1.11 bits per heavy atom. The molecule has 1 aromatic heterocycles. The van der Waals surface area contributed by atoms with E-state index < -0.39 is 10.5 Å². The molecule has 1 saturated carbocycles. The molecule has 2 aromatic carbocycles. The zero-order valence-corrected chi connectivity index (χ0v) is 15.4. The second-order valence-electron chi connectivity index (χ2n) is 6.60. The minimum absolute atomic E-state index is 0.0136. The minimum Gasteiger partial charge on any atom is -0.325 e. The van der Waals surface area contributed by atoms with Crippen LogP contribution in [-0.4, -0.2) is 20.8 Å². The van der Waals surface area contributed by atoms with Crippen LogP contribution in [0.2, 0.25) is 0 Å². The molecule has 1 fully saturated rings. The van der Waals surface area contributed by atoms with Gasteiger partial charge in [-0.25, -0.2) is 4.79 Å². The number of hydrogen-bond donors (Lipinski definition) is 2. The van der Waals surface area contributed by atoms with Crippen LogP contribution in [0, 0.1) is 0 Å². The van der Waals surface area contributed by atoms with Crippen molar-refractivity contribution in [3.63, 3.8) is 0 Å². The Hall–Kier alpha value is -2.80. The van der Waals surface area contributed by atoms with E-state index in [1.165, 1.54) is 0 Å². The number of benzene rings is 2. The fraction of sp³-hybridized carbons (Fsp3) is 0.250. The molecule has 1 amide bonds. The van der Waals surface area contributed by atoms with Crippen molar-refractivity contribution in [3.8, 4) is 11.4 Å². The Morgan fingerprint density at radius 2 is 1.89 bits per heavy atom. The molecule has 0 saturated heterocycles. The average Bonchev–Trinajstić information content (AvgIpc) is 3.33. The van der Waals surface area contributed by atoms with Gasteiger partial charge in [0, 0.05) is 16.1 Å². The van der Waals surface area contributed by atoms with Gasteiger partial charge in [0.25, 0.3) is 0 Å². The Kier molecular flexibility index (Phi) is 4.85. The lowest BCUT2D eigenvalue weighted by Crippen LogP contribution is -2.37. The monoisotopic (exact) mass is 381 g/mol. The highest BCUT2D eigenvalue weighted by atomic mass is 32.2. The van der Waals surface area contributed by atoms with Crippen molar-refractivity contribution >= 4 is 23.4 Å². The number of nitrogens with zero attached hydrogens (tertiary/aromatic N) is 1. The predicted octanol–water partition coefficient (Wildman–Crippen LogP) is 4.07. The van der Waals surface area contributed by atoms with Crippen molar-refractivity contribution in [2.45, 2.75) is 35.3 Å². The molecule has 0 unspecified atom stereocenters. The number of amides is 1. The molecule has 0 atom stereocenters. The fourth-order valence-corrected chi connectivity index (χ4v) is 4.76. The number of thioether (sulfide) groups is 1. The summed E-state index contributed by atoms with van der Waals surface area (Å²) in [6, 6.07) is 17.3. The number of H-pyrrole nitrogens is 1. The van der Waals surface area contributed by atoms with Crippen LogP contribution in [0.25, 0.3) is 11.4 Å². The molecule has 7 heteroatoms. The molecule has 138 valence electrons. The van der Waals surface area contributed by atoms with Gasteiger partial charge in [0.1, 0.15) is 0 Å². The molecular formula is C20H19N3O3S. The molecule has 0 radical (unpaired) electrons. The minimum atomic E-state index is -0.608. The van der Waals surface area contributed by atoms with E-state index in [9.17, 15) is 9.59 Å². The second-order valence-corrected chi connectivity index (χ2v) is 8.05. The van der Waals surface area contributed by atoms with Crippen LogP contribution in [0.3, 0.4) is 0 Å². The predicted molar refractivity (Wildman–Crippen MR) is 105 cm³/mol. The number of nitrogens with one attached hydrogen (secondary N) is 2. The Labute approximate surface area is 160 Å². The molecule has 1 aliphatic rings.